The molecule has 0 saturated heterocycles. The van der Waals surface area contributed by atoms with Crippen LogP contribution >= 0.6 is 15.9 Å². The molecule has 5 nitrogen and oxygen atoms in total. The Balaban J connectivity index is 2.81. The highest BCUT2D eigenvalue weighted by Gasteiger charge is 2.08. The van der Waals surface area contributed by atoms with Crippen LogP contribution in [0.4, 0.5) is 11.8 Å². The average molecular weight is 275 g/mol. The molecule has 1 rings (SSSR count). The number of nitrogens with two attached hydrogens (primary N) is 1. The van der Waals surface area contributed by atoms with E-state index in [0.29, 0.717) is 23.0 Å². The van der Waals surface area contributed by atoms with Crippen LogP contribution in [0.1, 0.15) is 6.92 Å². The summed E-state index contributed by atoms with van der Waals surface area (Å²) < 4.78 is 5.71. The first-order valence-corrected chi connectivity index (χ1v) is 5.50. The summed E-state index contributed by atoms with van der Waals surface area (Å²) in [7, 11) is 1.67. The number of ether oxygens (including phenoxy) is 1. The maximum atomic E-state index is 5.64. The number of rotatable bonds is 5. The number of halogens is 1. The second-order valence-corrected chi connectivity index (χ2v) is 3.80. The summed E-state index contributed by atoms with van der Waals surface area (Å²) in [6.07, 6.45) is 0. The third kappa shape index (κ3) is 3.64. The summed E-state index contributed by atoms with van der Waals surface area (Å²) in [5.41, 5.74) is 5.64. The molecule has 6 heteroatoms. The Morgan fingerprint density at radius 3 is 2.80 bits per heavy atom. The molecule has 0 aromatic carbocycles. The van der Waals surface area contributed by atoms with Crippen LogP contribution in [0.25, 0.3) is 0 Å². The molecule has 0 saturated carbocycles. The van der Waals surface area contributed by atoms with Crippen molar-refractivity contribution in [2.45, 2.75) is 6.92 Å². The van der Waals surface area contributed by atoms with E-state index in [2.05, 4.69) is 25.9 Å². The van der Waals surface area contributed by atoms with Gasteiger partial charge in [-0.05, 0) is 22.9 Å². The molecule has 1 aromatic heterocycles. The van der Waals surface area contributed by atoms with E-state index in [4.69, 9.17) is 10.5 Å². The summed E-state index contributed by atoms with van der Waals surface area (Å²) in [5, 5.41) is 0. The molecular formula is C9H15BrN4O. The molecule has 0 atom stereocenters. The fourth-order valence-corrected chi connectivity index (χ4v) is 1.56. The molecule has 15 heavy (non-hydrogen) atoms. The minimum absolute atomic E-state index is 0.461. The van der Waals surface area contributed by atoms with Crippen LogP contribution in [-0.2, 0) is 4.74 Å². The quantitative estimate of drug-likeness (QED) is 0.820. The number of methoxy groups -OCH3 is 1. The molecule has 0 amide bonds. The van der Waals surface area contributed by atoms with Gasteiger partial charge in [-0.2, -0.15) is 4.98 Å². The number of nitrogen functional groups attached to an aromatic ring is 1. The van der Waals surface area contributed by atoms with Crippen molar-refractivity contribution in [2.24, 2.45) is 0 Å². The molecule has 1 aromatic rings. The molecule has 0 spiro atoms. The minimum atomic E-state index is 0.461. The van der Waals surface area contributed by atoms with Crippen molar-refractivity contribution >= 4 is 27.7 Å². The van der Waals surface area contributed by atoms with Crippen molar-refractivity contribution in [3.05, 3.63) is 10.7 Å². The first kappa shape index (κ1) is 12.2. The predicted octanol–water partition coefficient (Wildman–Crippen LogP) is 1.29. The van der Waals surface area contributed by atoms with Crippen LogP contribution in [0.3, 0.4) is 0 Å². The molecule has 0 fully saturated rings. The third-order valence-electron chi connectivity index (χ3n) is 1.93. The summed E-state index contributed by atoms with van der Waals surface area (Å²) in [5.74, 6) is 1.09. The zero-order valence-corrected chi connectivity index (χ0v) is 10.5. The molecule has 0 unspecified atom stereocenters. The maximum Gasteiger partial charge on any atom is 0.228 e. The van der Waals surface area contributed by atoms with Gasteiger partial charge in [0.1, 0.15) is 10.4 Å². The van der Waals surface area contributed by atoms with Gasteiger partial charge in [0.05, 0.1) is 6.61 Å². The van der Waals surface area contributed by atoms with Crippen molar-refractivity contribution in [2.75, 3.05) is 37.4 Å². The van der Waals surface area contributed by atoms with E-state index in [-0.39, 0.29) is 0 Å². The molecule has 1 heterocycles. The summed E-state index contributed by atoms with van der Waals surface area (Å²) in [6, 6.07) is 1.67. The van der Waals surface area contributed by atoms with E-state index in [1.165, 1.54) is 0 Å². The van der Waals surface area contributed by atoms with Crippen LogP contribution in [0, 0.1) is 0 Å². The fraction of sp³-hybridized carbons (Fsp3) is 0.556. The lowest BCUT2D eigenvalue weighted by atomic mass is 10.5. The van der Waals surface area contributed by atoms with Gasteiger partial charge in [0.15, 0.2) is 0 Å². The Kier molecular flexibility index (Phi) is 4.77. The van der Waals surface area contributed by atoms with Gasteiger partial charge >= 0.3 is 0 Å². The highest BCUT2D eigenvalue weighted by atomic mass is 79.9. The minimum Gasteiger partial charge on any atom is -0.383 e. The predicted molar refractivity (Wildman–Crippen MR) is 63.9 cm³/mol. The van der Waals surface area contributed by atoms with E-state index in [9.17, 15) is 0 Å². The number of nitrogens with zero attached hydrogens (tertiary/aromatic N) is 3. The SMILES string of the molecule is CCN(CCOC)c1nc(N)cc(Br)n1. The van der Waals surface area contributed by atoms with Crippen molar-refractivity contribution in [3.63, 3.8) is 0 Å². The zero-order valence-electron chi connectivity index (χ0n) is 8.90. The van der Waals surface area contributed by atoms with Crippen molar-refractivity contribution in [1.82, 2.24) is 9.97 Å². The second kappa shape index (κ2) is 5.87. The van der Waals surface area contributed by atoms with Crippen molar-refractivity contribution < 1.29 is 4.74 Å². The Bertz CT molecular complexity index is 301. The number of likely N-dealkylation sites (N-methyl/N-ethyl adjacent to an activating group) is 1. The molecule has 84 valence electrons. The molecule has 2 N–H and O–H groups in total. The zero-order chi connectivity index (χ0) is 11.3. The summed E-state index contributed by atoms with van der Waals surface area (Å²) in [4.78, 5) is 10.4. The monoisotopic (exact) mass is 274 g/mol. The fourth-order valence-electron chi connectivity index (χ4n) is 1.17. The molecule has 0 bridgehead atoms. The van der Waals surface area contributed by atoms with E-state index in [1.807, 2.05) is 11.8 Å². The standard InChI is InChI=1S/C9H15BrN4O/c1-3-14(4-5-15-2)9-12-7(10)6-8(11)13-9/h6H,3-5H2,1-2H3,(H2,11,12,13). The van der Waals surface area contributed by atoms with E-state index >= 15 is 0 Å². The lowest BCUT2D eigenvalue weighted by Crippen LogP contribution is -2.28. The Hall–Kier alpha value is -0.880. The summed E-state index contributed by atoms with van der Waals surface area (Å²) >= 11 is 3.29. The van der Waals surface area contributed by atoms with Crippen LogP contribution in [0.15, 0.2) is 10.7 Å². The third-order valence-corrected chi connectivity index (χ3v) is 2.34. The highest BCUT2D eigenvalue weighted by molar-refractivity contribution is 9.10. The number of aromatic nitrogens is 2. The Labute approximate surface area is 97.8 Å². The van der Waals surface area contributed by atoms with E-state index in [0.717, 1.165) is 13.1 Å². The van der Waals surface area contributed by atoms with Crippen molar-refractivity contribution in [3.8, 4) is 0 Å². The topological polar surface area (TPSA) is 64.3 Å². The second-order valence-electron chi connectivity index (χ2n) is 2.99. The van der Waals surface area contributed by atoms with Gasteiger partial charge in [0.2, 0.25) is 5.95 Å². The number of anilines is 2. The molecule has 0 aliphatic carbocycles. The molecular weight excluding hydrogens is 260 g/mol. The Morgan fingerprint density at radius 1 is 1.53 bits per heavy atom. The highest BCUT2D eigenvalue weighted by Crippen LogP contribution is 2.15. The van der Waals surface area contributed by atoms with Gasteiger partial charge in [-0.3, -0.25) is 0 Å². The average Bonchev–Trinajstić information content (AvgIpc) is 2.17. The van der Waals surface area contributed by atoms with Gasteiger partial charge in [-0.1, -0.05) is 0 Å². The first-order chi connectivity index (χ1) is 7.17. The molecule has 0 aliphatic heterocycles. The van der Waals surface area contributed by atoms with Crippen LogP contribution in [0.5, 0.6) is 0 Å². The van der Waals surface area contributed by atoms with Crippen LogP contribution in [-0.4, -0.2) is 36.8 Å². The van der Waals surface area contributed by atoms with Crippen LogP contribution in [0.2, 0.25) is 0 Å². The van der Waals surface area contributed by atoms with E-state index < -0.39 is 0 Å². The largest absolute Gasteiger partial charge is 0.383 e. The molecule has 0 aliphatic rings. The van der Waals surface area contributed by atoms with Gasteiger partial charge in [0, 0.05) is 26.3 Å². The molecule has 0 radical (unpaired) electrons. The normalized spacial score (nSPS) is 10.3. The van der Waals surface area contributed by atoms with Crippen molar-refractivity contribution in [1.29, 1.82) is 0 Å². The first-order valence-electron chi connectivity index (χ1n) is 4.71. The van der Waals surface area contributed by atoms with E-state index in [1.54, 1.807) is 13.2 Å². The lowest BCUT2D eigenvalue weighted by molar-refractivity contribution is 0.205. The number of hydrogen-bond acceptors (Lipinski definition) is 5. The van der Waals surface area contributed by atoms with Gasteiger partial charge < -0.3 is 15.4 Å². The van der Waals surface area contributed by atoms with Gasteiger partial charge in [-0.15, -0.1) is 0 Å². The maximum absolute atomic E-state index is 5.64. The smallest absolute Gasteiger partial charge is 0.228 e. The van der Waals surface area contributed by atoms with Gasteiger partial charge in [0.25, 0.3) is 0 Å². The number of hydrogen-bond donors (Lipinski definition) is 1. The Morgan fingerprint density at radius 2 is 2.27 bits per heavy atom. The lowest BCUT2D eigenvalue weighted by Gasteiger charge is -2.20. The van der Waals surface area contributed by atoms with Gasteiger partial charge in [-0.25, -0.2) is 4.98 Å². The summed E-state index contributed by atoms with van der Waals surface area (Å²) in [6.45, 7) is 4.25. The van der Waals surface area contributed by atoms with Crippen LogP contribution < -0.4 is 10.6 Å².